The van der Waals surface area contributed by atoms with E-state index < -0.39 is 0 Å². The van der Waals surface area contributed by atoms with E-state index in [4.69, 9.17) is 0 Å². The summed E-state index contributed by atoms with van der Waals surface area (Å²) in [6.45, 7) is 4.24. The van der Waals surface area contributed by atoms with Crippen LogP contribution in [0.25, 0.3) is 0 Å². The summed E-state index contributed by atoms with van der Waals surface area (Å²) in [6.07, 6.45) is 7.19. The lowest BCUT2D eigenvalue weighted by Gasteiger charge is -2.39. The van der Waals surface area contributed by atoms with Gasteiger partial charge in [0.1, 0.15) is 0 Å². The summed E-state index contributed by atoms with van der Waals surface area (Å²) >= 11 is 0. The molecule has 7 nitrogen and oxygen atoms in total. The van der Waals surface area contributed by atoms with E-state index in [0.29, 0.717) is 25.9 Å². The van der Waals surface area contributed by atoms with Crippen molar-refractivity contribution in [3.8, 4) is 0 Å². The Labute approximate surface area is 171 Å². The lowest BCUT2D eigenvalue weighted by atomic mass is 9.95. The minimum atomic E-state index is -0.0936. The van der Waals surface area contributed by atoms with Gasteiger partial charge in [0.05, 0.1) is 5.92 Å². The summed E-state index contributed by atoms with van der Waals surface area (Å²) in [6, 6.07) is 9.82. The quantitative estimate of drug-likeness (QED) is 0.772. The van der Waals surface area contributed by atoms with Gasteiger partial charge in [-0.25, -0.2) is 0 Å². The standard InChI is InChI=1S/C22H27N5O2/c28-21-5-4-18(17-27(21)12-8-19-3-1-2-9-24-19)22(29)26-15-13-25(14-16-26)20-6-10-23-11-7-20/h1-3,6-7,9-11,18H,4-5,8,12-17H2. The zero-order valence-electron chi connectivity index (χ0n) is 16.6. The number of hydrogen-bond acceptors (Lipinski definition) is 5. The van der Waals surface area contributed by atoms with Crippen LogP contribution in [-0.2, 0) is 16.0 Å². The predicted molar refractivity (Wildman–Crippen MR) is 110 cm³/mol. The number of nitrogens with zero attached hydrogens (tertiary/aromatic N) is 5. The molecule has 0 aromatic carbocycles. The molecular formula is C22H27N5O2. The SMILES string of the molecule is O=C1CCC(C(=O)N2CCN(c3ccncc3)CC2)CN1CCc1ccccn1. The first-order chi connectivity index (χ1) is 14.2. The van der Waals surface area contributed by atoms with Gasteiger partial charge in [0.2, 0.25) is 11.8 Å². The molecule has 2 aliphatic heterocycles. The van der Waals surface area contributed by atoms with Gasteiger partial charge in [-0.2, -0.15) is 0 Å². The van der Waals surface area contributed by atoms with Crippen molar-refractivity contribution < 1.29 is 9.59 Å². The minimum Gasteiger partial charge on any atom is -0.368 e. The Morgan fingerprint density at radius 3 is 2.55 bits per heavy atom. The van der Waals surface area contributed by atoms with Gasteiger partial charge in [0, 0.05) is 82.1 Å². The van der Waals surface area contributed by atoms with Crippen LogP contribution in [0.1, 0.15) is 18.5 Å². The maximum atomic E-state index is 13.1. The summed E-state index contributed by atoms with van der Waals surface area (Å²) in [4.78, 5) is 39.9. The fourth-order valence-corrected chi connectivity index (χ4v) is 4.13. The van der Waals surface area contributed by atoms with Crippen LogP contribution in [0, 0.1) is 5.92 Å². The Morgan fingerprint density at radius 1 is 1.03 bits per heavy atom. The van der Waals surface area contributed by atoms with Crippen LogP contribution in [-0.4, -0.2) is 70.9 Å². The summed E-state index contributed by atoms with van der Waals surface area (Å²) in [7, 11) is 0. The lowest BCUT2D eigenvalue weighted by molar-refractivity contribution is -0.143. The first kappa shape index (κ1) is 19.4. The fraction of sp³-hybridized carbons (Fsp3) is 0.455. The highest BCUT2D eigenvalue weighted by molar-refractivity contribution is 5.84. The molecule has 2 aliphatic rings. The van der Waals surface area contributed by atoms with Crippen molar-refractivity contribution in [3.05, 3.63) is 54.6 Å². The third kappa shape index (κ3) is 4.72. The molecule has 7 heteroatoms. The van der Waals surface area contributed by atoms with Crippen molar-refractivity contribution in [2.45, 2.75) is 19.3 Å². The van der Waals surface area contributed by atoms with Crippen LogP contribution in [0.5, 0.6) is 0 Å². The van der Waals surface area contributed by atoms with Crippen LogP contribution < -0.4 is 4.90 Å². The first-order valence-corrected chi connectivity index (χ1v) is 10.3. The molecule has 4 heterocycles. The smallest absolute Gasteiger partial charge is 0.227 e. The van der Waals surface area contributed by atoms with Crippen LogP contribution in [0.4, 0.5) is 5.69 Å². The number of carbonyl (C=O) groups excluding carboxylic acids is 2. The number of piperazine rings is 1. The molecule has 152 valence electrons. The van der Waals surface area contributed by atoms with E-state index in [9.17, 15) is 9.59 Å². The molecule has 0 radical (unpaired) electrons. The molecule has 0 aliphatic carbocycles. The van der Waals surface area contributed by atoms with Gasteiger partial charge in [-0.05, 0) is 30.7 Å². The van der Waals surface area contributed by atoms with E-state index in [1.165, 1.54) is 0 Å². The number of hydrogen-bond donors (Lipinski definition) is 0. The second-order valence-electron chi connectivity index (χ2n) is 7.66. The molecule has 2 aromatic heterocycles. The molecule has 0 N–H and O–H groups in total. The van der Waals surface area contributed by atoms with Crippen LogP contribution in [0.2, 0.25) is 0 Å². The molecule has 0 spiro atoms. The van der Waals surface area contributed by atoms with E-state index in [2.05, 4.69) is 14.9 Å². The number of piperidine rings is 1. The van der Waals surface area contributed by atoms with Crippen LogP contribution >= 0.6 is 0 Å². The van der Waals surface area contributed by atoms with Gasteiger partial charge in [-0.3, -0.25) is 19.6 Å². The van der Waals surface area contributed by atoms with Crippen LogP contribution in [0.15, 0.2) is 48.9 Å². The molecule has 4 rings (SSSR count). The molecular weight excluding hydrogens is 366 g/mol. The highest BCUT2D eigenvalue weighted by atomic mass is 16.2. The van der Waals surface area contributed by atoms with E-state index in [-0.39, 0.29) is 17.7 Å². The molecule has 0 saturated carbocycles. The van der Waals surface area contributed by atoms with Crippen molar-refractivity contribution >= 4 is 17.5 Å². The van der Waals surface area contributed by atoms with Gasteiger partial charge in [-0.15, -0.1) is 0 Å². The Kier molecular flexibility index (Phi) is 6.03. The van der Waals surface area contributed by atoms with E-state index >= 15 is 0 Å². The molecule has 2 amide bonds. The Morgan fingerprint density at radius 2 is 1.83 bits per heavy atom. The van der Waals surface area contributed by atoms with Gasteiger partial charge >= 0.3 is 0 Å². The maximum Gasteiger partial charge on any atom is 0.227 e. The number of pyridine rings is 2. The maximum absolute atomic E-state index is 13.1. The normalized spacial score (nSPS) is 20.1. The fourth-order valence-electron chi connectivity index (χ4n) is 4.13. The van der Waals surface area contributed by atoms with Gasteiger partial charge in [-0.1, -0.05) is 6.07 Å². The third-order valence-electron chi connectivity index (χ3n) is 5.83. The predicted octanol–water partition coefficient (Wildman–Crippen LogP) is 1.61. The van der Waals surface area contributed by atoms with Gasteiger partial charge in [0.25, 0.3) is 0 Å². The summed E-state index contributed by atoms with van der Waals surface area (Å²) in [5.74, 6) is 0.242. The van der Waals surface area contributed by atoms with Crippen molar-refractivity contribution in [1.82, 2.24) is 19.8 Å². The Hall–Kier alpha value is -2.96. The Bertz CT molecular complexity index is 822. The highest BCUT2D eigenvalue weighted by Gasteiger charge is 2.33. The highest BCUT2D eigenvalue weighted by Crippen LogP contribution is 2.22. The summed E-state index contributed by atoms with van der Waals surface area (Å²) in [5, 5.41) is 0. The number of likely N-dealkylation sites (tertiary alicyclic amines) is 1. The Balaban J connectivity index is 1.30. The van der Waals surface area contributed by atoms with Crippen LogP contribution in [0.3, 0.4) is 0 Å². The van der Waals surface area contributed by atoms with Crippen molar-refractivity contribution in [2.75, 3.05) is 44.2 Å². The second-order valence-corrected chi connectivity index (χ2v) is 7.66. The minimum absolute atomic E-state index is 0.0936. The van der Waals surface area contributed by atoms with Crippen molar-refractivity contribution in [2.24, 2.45) is 5.92 Å². The molecule has 29 heavy (non-hydrogen) atoms. The van der Waals surface area contributed by atoms with E-state index in [1.54, 1.807) is 18.6 Å². The second kappa shape index (κ2) is 9.03. The molecule has 0 bridgehead atoms. The summed E-state index contributed by atoms with van der Waals surface area (Å²) < 4.78 is 0. The van der Waals surface area contributed by atoms with E-state index in [0.717, 1.165) is 44.0 Å². The third-order valence-corrected chi connectivity index (χ3v) is 5.83. The van der Waals surface area contributed by atoms with Gasteiger partial charge < -0.3 is 14.7 Å². The van der Waals surface area contributed by atoms with E-state index in [1.807, 2.05) is 40.1 Å². The van der Waals surface area contributed by atoms with Crippen molar-refractivity contribution in [3.63, 3.8) is 0 Å². The topological polar surface area (TPSA) is 69.6 Å². The number of aromatic nitrogens is 2. The lowest BCUT2D eigenvalue weighted by Crippen LogP contribution is -2.53. The number of carbonyl (C=O) groups is 2. The monoisotopic (exact) mass is 393 g/mol. The van der Waals surface area contributed by atoms with Crippen molar-refractivity contribution in [1.29, 1.82) is 0 Å². The summed E-state index contributed by atoms with van der Waals surface area (Å²) in [5.41, 5.74) is 2.12. The molecule has 2 fully saturated rings. The molecule has 1 atom stereocenters. The zero-order valence-corrected chi connectivity index (χ0v) is 16.6. The molecule has 1 unspecified atom stereocenters. The zero-order chi connectivity index (χ0) is 20.1. The largest absolute Gasteiger partial charge is 0.368 e. The van der Waals surface area contributed by atoms with Gasteiger partial charge in [0.15, 0.2) is 0 Å². The first-order valence-electron chi connectivity index (χ1n) is 10.3. The number of rotatable bonds is 5. The molecule has 2 aromatic rings. The average Bonchev–Trinajstić information content (AvgIpc) is 2.79. The average molecular weight is 393 g/mol. The number of amides is 2. The number of anilines is 1. The molecule has 2 saturated heterocycles.